The fourth-order valence-electron chi connectivity index (χ4n) is 5.51. The molecule has 26 heavy (non-hydrogen) atoms. The maximum absolute atomic E-state index is 12.8. The van der Waals surface area contributed by atoms with Crippen LogP contribution >= 0.6 is 0 Å². The Balaban J connectivity index is 1.87. The zero-order chi connectivity index (χ0) is 18.6. The van der Waals surface area contributed by atoms with Crippen molar-refractivity contribution < 1.29 is 23.8 Å². The topological polar surface area (TPSA) is 65.1 Å². The molecule has 4 atom stereocenters. The van der Waals surface area contributed by atoms with Gasteiger partial charge in [0, 0.05) is 30.0 Å². The highest BCUT2D eigenvalue weighted by molar-refractivity contribution is 5.89. The van der Waals surface area contributed by atoms with Crippen LogP contribution in [0.15, 0.2) is 12.1 Å². The van der Waals surface area contributed by atoms with Gasteiger partial charge in [-0.25, -0.2) is 4.79 Å². The van der Waals surface area contributed by atoms with E-state index in [1.165, 1.54) is 7.11 Å². The Morgan fingerprint density at radius 3 is 2.81 bits per heavy atom. The second-order valence-corrected chi connectivity index (χ2v) is 7.59. The Morgan fingerprint density at radius 2 is 2.12 bits per heavy atom. The van der Waals surface area contributed by atoms with Crippen LogP contribution in [0.1, 0.15) is 37.3 Å². The Hall–Kier alpha value is -2.24. The lowest BCUT2D eigenvalue weighted by Crippen LogP contribution is -2.63. The lowest BCUT2D eigenvalue weighted by molar-refractivity contribution is -0.136. The zero-order valence-electron chi connectivity index (χ0n) is 15.7. The molecule has 0 aromatic heterocycles. The number of methoxy groups -OCH3 is 2. The molecule has 1 saturated heterocycles. The van der Waals surface area contributed by atoms with Crippen LogP contribution in [0.5, 0.6) is 11.5 Å². The Morgan fingerprint density at radius 1 is 1.35 bits per heavy atom. The molecule has 140 valence electrons. The van der Waals surface area contributed by atoms with Crippen LogP contribution in [-0.4, -0.2) is 49.7 Å². The summed E-state index contributed by atoms with van der Waals surface area (Å²) in [7, 11) is 3.03. The van der Waals surface area contributed by atoms with Gasteiger partial charge >= 0.3 is 6.09 Å². The van der Waals surface area contributed by atoms with Gasteiger partial charge in [-0.15, -0.1) is 0 Å². The van der Waals surface area contributed by atoms with E-state index < -0.39 is 11.5 Å². The number of ketones is 1. The minimum absolute atomic E-state index is 0.0213. The van der Waals surface area contributed by atoms with E-state index in [4.69, 9.17) is 14.2 Å². The Bertz CT molecular complexity index is 776. The molecule has 0 N–H and O–H groups in total. The molecular weight excluding hydrogens is 334 g/mol. The monoisotopic (exact) mass is 359 g/mol. The highest BCUT2D eigenvalue weighted by Gasteiger charge is 2.63. The van der Waals surface area contributed by atoms with Crippen LogP contribution in [0.2, 0.25) is 0 Å². The van der Waals surface area contributed by atoms with Gasteiger partial charge in [-0.05, 0) is 44.2 Å². The third kappa shape index (κ3) is 2.04. The Kier molecular flexibility index (Phi) is 3.90. The van der Waals surface area contributed by atoms with Crippen LogP contribution in [0, 0.1) is 12.8 Å². The van der Waals surface area contributed by atoms with Crippen molar-refractivity contribution in [2.45, 2.75) is 50.7 Å². The summed E-state index contributed by atoms with van der Waals surface area (Å²) in [4.78, 5) is 26.8. The van der Waals surface area contributed by atoms with Crippen LogP contribution in [0.3, 0.4) is 0 Å². The van der Waals surface area contributed by atoms with Crippen molar-refractivity contribution in [2.24, 2.45) is 5.92 Å². The van der Waals surface area contributed by atoms with Crippen molar-refractivity contribution in [2.75, 3.05) is 20.8 Å². The summed E-state index contributed by atoms with van der Waals surface area (Å²) >= 11 is 0. The summed E-state index contributed by atoms with van der Waals surface area (Å²) in [5, 5.41) is 0. The second kappa shape index (κ2) is 5.89. The number of hydrogen-bond donors (Lipinski definition) is 0. The summed E-state index contributed by atoms with van der Waals surface area (Å²) in [5.41, 5.74) is 1.81. The number of hydrogen-bond acceptors (Lipinski definition) is 5. The predicted octanol–water partition coefficient (Wildman–Crippen LogP) is 2.84. The van der Waals surface area contributed by atoms with Gasteiger partial charge in [0.15, 0.2) is 23.4 Å². The number of rotatable bonds is 1. The predicted molar refractivity (Wildman–Crippen MR) is 94.7 cm³/mol. The number of benzene rings is 1. The summed E-state index contributed by atoms with van der Waals surface area (Å²) in [6, 6.07) is 3.91. The number of fused-ring (bicyclic) bond motifs is 1. The van der Waals surface area contributed by atoms with Crippen molar-refractivity contribution >= 4 is 11.9 Å². The molecule has 2 fully saturated rings. The van der Waals surface area contributed by atoms with E-state index >= 15 is 0 Å². The van der Waals surface area contributed by atoms with Crippen LogP contribution in [-0.2, 0) is 14.9 Å². The summed E-state index contributed by atoms with van der Waals surface area (Å²) in [5.74, 6) is 1.67. The van der Waals surface area contributed by atoms with Crippen LogP contribution in [0.4, 0.5) is 4.79 Å². The minimum Gasteiger partial charge on any atom is -0.493 e. The van der Waals surface area contributed by atoms with Gasteiger partial charge in [-0.1, -0.05) is 6.07 Å². The van der Waals surface area contributed by atoms with Crippen molar-refractivity contribution in [1.29, 1.82) is 0 Å². The summed E-state index contributed by atoms with van der Waals surface area (Å²) in [6.45, 7) is 4.67. The van der Waals surface area contributed by atoms with E-state index in [1.54, 1.807) is 12.0 Å². The number of amides is 1. The third-order valence-electron chi connectivity index (χ3n) is 6.62. The third-order valence-corrected chi connectivity index (χ3v) is 6.62. The molecule has 1 unspecified atom stereocenters. The first-order valence-corrected chi connectivity index (χ1v) is 9.17. The first-order chi connectivity index (χ1) is 12.5. The molecule has 2 heterocycles. The number of aryl methyl sites for hydroxylation is 1. The SMILES string of the molecule is COC(=O)N1CC[C@]23c4c(C)ccc(OC)c4O[C@H]2C(=O)CCC3[C@H]1C. The van der Waals surface area contributed by atoms with Gasteiger partial charge < -0.3 is 19.1 Å². The number of piperidine rings is 1. The van der Waals surface area contributed by atoms with Gasteiger partial charge in [0.05, 0.1) is 14.2 Å². The molecule has 1 spiro atoms. The quantitative estimate of drug-likeness (QED) is 0.771. The number of nitrogens with zero attached hydrogens (tertiary/aromatic N) is 1. The number of Topliss-reactive ketones (excluding diaryl/α,β-unsaturated/α-hetero) is 1. The molecule has 1 saturated carbocycles. The molecule has 4 rings (SSSR count). The van der Waals surface area contributed by atoms with Crippen molar-refractivity contribution in [3.8, 4) is 11.5 Å². The first kappa shape index (κ1) is 17.2. The van der Waals surface area contributed by atoms with Crippen molar-refractivity contribution in [3.63, 3.8) is 0 Å². The average Bonchev–Trinajstić information content (AvgIpc) is 2.99. The summed E-state index contributed by atoms with van der Waals surface area (Å²) < 4.78 is 16.7. The minimum atomic E-state index is -0.492. The van der Waals surface area contributed by atoms with Gasteiger partial charge in [0.1, 0.15) is 0 Å². The second-order valence-electron chi connectivity index (χ2n) is 7.59. The Labute approximate surface area is 153 Å². The smallest absolute Gasteiger partial charge is 0.409 e. The number of carbonyl (C=O) groups is 2. The fourth-order valence-corrected chi connectivity index (χ4v) is 5.51. The lowest BCUT2D eigenvalue weighted by atomic mass is 9.55. The molecule has 6 nitrogen and oxygen atoms in total. The molecule has 2 aliphatic heterocycles. The van der Waals surface area contributed by atoms with Gasteiger partial charge in [-0.3, -0.25) is 4.79 Å². The van der Waals surface area contributed by atoms with E-state index in [1.807, 2.05) is 12.1 Å². The highest BCUT2D eigenvalue weighted by atomic mass is 16.5. The zero-order valence-corrected chi connectivity index (χ0v) is 15.7. The first-order valence-electron chi connectivity index (χ1n) is 9.17. The van der Waals surface area contributed by atoms with E-state index in [0.29, 0.717) is 30.9 Å². The highest BCUT2D eigenvalue weighted by Crippen LogP contribution is 2.60. The fraction of sp³-hybridized carbons (Fsp3) is 0.600. The maximum Gasteiger partial charge on any atom is 0.409 e. The molecular formula is C20H25NO5. The average molecular weight is 359 g/mol. The number of ether oxygens (including phenoxy) is 3. The number of likely N-dealkylation sites (tertiary alicyclic amines) is 1. The van der Waals surface area contributed by atoms with Crippen molar-refractivity contribution in [1.82, 2.24) is 4.90 Å². The standard InChI is InChI=1S/C20H25NO5/c1-11-5-8-15(24-3)17-16(11)20-9-10-21(19(23)25-4)12(2)13(20)6-7-14(22)18(20)26-17/h5,8,12-13,18H,6-7,9-10H2,1-4H3/t12-,13?,18+,20+/m1/s1. The maximum atomic E-state index is 12.8. The molecule has 1 amide bonds. The van der Waals surface area contributed by atoms with Gasteiger partial charge in [0.25, 0.3) is 0 Å². The van der Waals surface area contributed by atoms with E-state index in [0.717, 1.165) is 17.5 Å². The molecule has 0 radical (unpaired) electrons. The van der Waals surface area contributed by atoms with Gasteiger partial charge in [0.2, 0.25) is 0 Å². The molecule has 1 aromatic carbocycles. The lowest BCUT2D eigenvalue weighted by Gasteiger charge is -2.53. The molecule has 3 aliphatic rings. The van der Waals surface area contributed by atoms with E-state index in [2.05, 4.69) is 13.8 Å². The van der Waals surface area contributed by atoms with Crippen molar-refractivity contribution in [3.05, 3.63) is 23.3 Å². The molecule has 1 aromatic rings. The van der Waals surface area contributed by atoms with Crippen LogP contribution < -0.4 is 9.47 Å². The normalized spacial score (nSPS) is 32.2. The van der Waals surface area contributed by atoms with Crippen LogP contribution in [0.25, 0.3) is 0 Å². The van der Waals surface area contributed by atoms with Gasteiger partial charge in [-0.2, -0.15) is 0 Å². The number of carbonyl (C=O) groups excluding carboxylic acids is 2. The largest absolute Gasteiger partial charge is 0.493 e. The van der Waals surface area contributed by atoms with E-state index in [-0.39, 0.29) is 23.8 Å². The molecule has 1 aliphatic carbocycles. The molecule has 0 bridgehead atoms. The molecule has 6 heteroatoms. The van der Waals surface area contributed by atoms with E-state index in [9.17, 15) is 9.59 Å². The summed E-state index contributed by atoms with van der Waals surface area (Å²) in [6.07, 6.45) is 1.12.